The molecule has 0 aliphatic carbocycles. The molecule has 0 unspecified atom stereocenters. The van der Waals surface area contributed by atoms with Gasteiger partial charge in [-0.25, -0.2) is 4.98 Å². The Morgan fingerprint density at radius 1 is 1.40 bits per heavy atom. The lowest BCUT2D eigenvalue weighted by atomic mass is 10.2. The Bertz CT molecular complexity index is 881. The van der Waals surface area contributed by atoms with E-state index in [0.29, 0.717) is 23.2 Å². The molecule has 7 heteroatoms. The van der Waals surface area contributed by atoms with E-state index in [-0.39, 0.29) is 5.91 Å². The van der Waals surface area contributed by atoms with E-state index in [1.165, 1.54) is 11.3 Å². The number of aryl methyl sites for hydroxylation is 1. The van der Waals surface area contributed by atoms with Crippen LogP contribution in [0.5, 0.6) is 5.88 Å². The Hall–Kier alpha value is -2.41. The summed E-state index contributed by atoms with van der Waals surface area (Å²) in [5.41, 5.74) is 1.89. The summed E-state index contributed by atoms with van der Waals surface area (Å²) in [4.78, 5) is 18.4. The number of thiophene rings is 1. The zero-order chi connectivity index (χ0) is 18.0. The lowest BCUT2D eigenvalue weighted by Crippen LogP contribution is -2.21. The van der Waals surface area contributed by atoms with Gasteiger partial charge in [0.1, 0.15) is 4.83 Å². The van der Waals surface area contributed by atoms with Crippen LogP contribution in [0.1, 0.15) is 34.8 Å². The van der Waals surface area contributed by atoms with Crippen molar-refractivity contribution in [2.45, 2.75) is 33.9 Å². The Morgan fingerprint density at radius 3 is 2.84 bits per heavy atom. The molecule has 6 nitrogen and oxygen atoms in total. The zero-order valence-electron chi connectivity index (χ0n) is 14.9. The van der Waals surface area contributed by atoms with Crippen molar-refractivity contribution in [1.29, 1.82) is 0 Å². The normalized spacial score (nSPS) is 11.2. The van der Waals surface area contributed by atoms with Gasteiger partial charge in [0.15, 0.2) is 0 Å². The maximum absolute atomic E-state index is 12.5. The van der Waals surface area contributed by atoms with E-state index in [4.69, 9.17) is 4.74 Å². The molecule has 0 atom stereocenters. The fraction of sp³-hybridized carbons (Fsp3) is 0.389. The Kier molecular flexibility index (Phi) is 5.03. The minimum absolute atomic E-state index is 0.0764. The molecule has 0 bridgehead atoms. The molecule has 1 N–H and O–H groups in total. The van der Waals surface area contributed by atoms with Crippen LogP contribution >= 0.6 is 11.3 Å². The molecule has 0 fully saturated rings. The number of hydrogen-bond acceptors (Lipinski definition) is 5. The molecule has 0 spiro atoms. The molecule has 3 aromatic heterocycles. The van der Waals surface area contributed by atoms with Gasteiger partial charge in [0.25, 0.3) is 5.91 Å². The molecule has 3 aromatic rings. The zero-order valence-corrected chi connectivity index (χ0v) is 15.7. The summed E-state index contributed by atoms with van der Waals surface area (Å²) in [5, 5.41) is 8.58. The van der Waals surface area contributed by atoms with Gasteiger partial charge in [0.2, 0.25) is 5.88 Å². The highest BCUT2D eigenvalue weighted by Gasteiger charge is 2.16. The lowest BCUT2D eigenvalue weighted by Gasteiger charge is -2.05. The van der Waals surface area contributed by atoms with Crippen molar-refractivity contribution in [2.75, 3.05) is 7.11 Å². The van der Waals surface area contributed by atoms with Gasteiger partial charge in [-0.2, -0.15) is 5.10 Å². The first-order valence-corrected chi connectivity index (χ1v) is 9.03. The van der Waals surface area contributed by atoms with Crippen molar-refractivity contribution >= 4 is 27.5 Å². The van der Waals surface area contributed by atoms with Crippen LogP contribution in [0.2, 0.25) is 0 Å². The number of ether oxygens (including phenoxy) is 1. The second kappa shape index (κ2) is 7.23. The third-order valence-electron chi connectivity index (χ3n) is 3.83. The molecule has 0 aliphatic heterocycles. The number of hydrogen-bond donors (Lipinski definition) is 1. The first-order chi connectivity index (χ1) is 12.0. The molecule has 0 radical (unpaired) electrons. The third-order valence-corrected chi connectivity index (χ3v) is 4.98. The van der Waals surface area contributed by atoms with E-state index < -0.39 is 0 Å². The van der Waals surface area contributed by atoms with Gasteiger partial charge in [-0.05, 0) is 24.5 Å². The fourth-order valence-corrected chi connectivity index (χ4v) is 3.69. The van der Waals surface area contributed by atoms with Crippen LogP contribution in [0.15, 0.2) is 24.4 Å². The van der Waals surface area contributed by atoms with Gasteiger partial charge in [-0.1, -0.05) is 19.9 Å². The molecule has 0 saturated heterocycles. The van der Waals surface area contributed by atoms with E-state index in [1.807, 2.05) is 23.7 Å². The standard InChI is InChI=1S/C18H22N4O2S/c1-11(2)10-22-18-14(12(3)21-22)7-15(25-18)17(23)20-9-13-5-6-16(24-4)19-8-13/h5-8,11H,9-10H2,1-4H3,(H,20,23). The fourth-order valence-electron chi connectivity index (χ4n) is 2.60. The van der Waals surface area contributed by atoms with Crippen LogP contribution in [-0.4, -0.2) is 27.8 Å². The third kappa shape index (κ3) is 3.82. The lowest BCUT2D eigenvalue weighted by molar-refractivity contribution is 0.0955. The number of fused-ring (bicyclic) bond motifs is 1. The first-order valence-electron chi connectivity index (χ1n) is 8.22. The van der Waals surface area contributed by atoms with Gasteiger partial charge in [-0.3, -0.25) is 9.48 Å². The minimum atomic E-state index is -0.0764. The predicted octanol–water partition coefficient (Wildman–Crippen LogP) is 3.40. The number of rotatable bonds is 6. The summed E-state index contributed by atoms with van der Waals surface area (Å²) in [5.74, 6) is 0.988. The predicted molar refractivity (Wildman–Crippen MR) is 99.1 cm³/mol. The number of methoxy groups -OCH3 is 1. The van der Waals surface area contributed by atoms with Crippen LogP contribution in [-0.2, 0) is 13.1 Å². The van der Waals surface area contributed by atoms with E-state index in [9.17, 15) is 4.79 Å². The van der Waals surface area contributed by atoms with E-state index in [0.717, 1.165) is 28.0 Å². The maximum Gasteiger partial charge on any atom is 0.261 e. The smallest absolute Gasteiger partial charge is 0.261 e. The number of nitrogens with one attached hydrogen (secondary N) is 1. The molecular weight excluding hydrogens is 336 g/mol. The molecule has 0 aliphatic rings. The Labute approximate surface area is 150 Å². The summed E-state index contributed by atoms with van der Waals surface area (Å²) in [6, 6.07) is 5.60. The largest absolute Gasteiger partial charge is 0.481 e. The SMILES string of the molecule is COc1ccc(CNC(=O)c2cc3c(C)nn(CC(C)C)c3s2)cn1. The molecule has 132 valence electrons. The minimum Gasteiger partial charge on any atom is -0.481 e. The van der Waals surface area contributed by atoms with Crippen molar-refractivity contribution in [1.82, 2.24) is 20.1 Å². The van der Waals surface area contributed by atoms with Crippen LogP contribution in [0.25, 0.3) is 10.2 Å². The van der Waals surface area contributed by atoms with Crippen LogP contribution in [0, 0.1) is 12.8 Å². The van der Waals surface area contributed by atoms with E-state index >= 15 is 0 Å². The second-order valence-electron chi connectivity index (χ2n) is 6.38. The van der Waals surface area contributed by atoms with Crippen LogP contribution in [0.4, 0.5) is 0 Å². The second-order valence-corrected chi connectivity index (χ2v) is 7.41. The number of aromatic nitrogens is 3. The number of pyridine rings is 1. The molecule has 3 rings (SSSR count). The highest BCUT2D eigenvalue weighted by molar-refractivity contribution is 7.20. The van der Waals surface area contributed by atoms with Crippen molar-refractivity contribution in [3.8, 4) is 5.88 Å². The summed E-state index contributed by atoms with van der Waals surface area (Å²) in [6.45, 7) is 7.58. The highest BCUT2D eigenvalue weighted by atomic mass is 32.1. The topological polar surface area (TPSA) is 69.0 Å². The molecule has 0 saturated carbocycles. The molecule has 25 heavy (non-hydrogen) atoms. The maximum atomic E-state index is 12.5. The average molecular weight is 358 g/mol. The Balaban J connectivity index is 1.73. The average Bonchev–Trinajstić information content (AvgIpc) is 3.15. The first kappa shape index (κ1) is 17.4. The highest BCUT2D eigenvalue weighted by Crippen LogP contribution is 2.28. The number of amides is 1. The van der Waals surface area contributed by atoms with Crippen molar-refractivity contribution in [3.63, 3.8) is 0 Å². The summed E-state index contributed by atoms with van der Waals surface area (Å²) in [6.07, 6.45) is 1.70. The van der Waals surface area contributed by atoms with Crippen LogP contribution < -0.4 is 10.1 Å². The molecular formula is C18H22N4O2S. The van der Waals surface area contributed by atoms with Crippen molar-refractivity contribution in [2.24, 2.45) is 5.92 Å². The summed E-state index contributed by atoms with van der Waals surface area (Å²) >= 11 is 1.49. The van der Waals surface area contributed by atoms with E-state index in [1.54, 1.807) is 19.4 Å². The number of nitrogens with zero attached hydrogens (tertiary/aromatic N) is 3. The molecule has 1 amide bonds. The molecule has 3 heterocycles. The van der Waals surface area contributed by atoms with Gasteiger partial charge in [0.05, 0.1) is 17.7 Å². The monoisotopic (exact) mass is 358 g/mol. The molecule has 0 aromatic carbocycles. The Morgan fingerprint density at radius 2 is 2.20 bits per heavy atom. The van der Waals surface area contributed by atoms with Gasteiger partial charge >= 0.3 is 0 Å². The number of carbonyl (C=O) groups excluding carboxylic acids is 1. The van der Waals surface area contributed by atoms with Crippen molar-refractivity contribution < 1.29 is 9.53 Å². The van der Waals surface area contributed by atoms with Gasteiger partial charge < -0.3 is 10.1 Å². The van der Waals surface area contributed by atoms with Gasteiger partial charge in [0, 0.05) is 30.7 Å². The quantitative estimate of drug-likeness (QED) is 0.733. The van der Waals surface area contributed by atoms with E-state index in [2.05, 4.69) is 29.2 Å². The van der Waals surface area contributed by atoms with Crippen LogP contribution in [0.3, 0.4) is 0 Å². The van der Waals surface area contributed by atoms with Gasteiger partial charge in [-0.15, -0.1) is 11.3 Å². The summed E-state index contributed by atoms with van der Waals surface area (Å²) in [7, 11) is 1.58. The summed E-state index contributed by atoms with van der Waals surface area (Å²) < 4.78 is 7.04. The number of carbonyl (C=O) groups is 1. The van der Waals surface area contributed by atoms with Crippen molar-refractivity contribution in [3.05, 3.63) is 40.5 Å².